The van der Waals surface area contributed by atoms with Gasteiger partial charge in [-0.05, 0) is 51.3 Å². The second kappa shape index (κ2) is 6.90. The predicted octanol–water partition coefficient (Wildman–Crippen LogP) is 3.28. The van der Waals surface area contributed by atoms with E-state index in [4.69, 9.17) is 15.7 Å². The van der Waals surface area contributed by atoms with Crippen molar-refractivity contribution >= 4 is 11.7 Å². The topological polar surface area (TPSA) is 76.1 Å². The van der Waals surface area contributed by atoms with Crippen LogP contribution >= 0.6 is 0 Å². The molecule has 1 aromatic rings. The van der Waals surface area contributed by atoms with Gasteiger partial charge < -0.3 is 10.5 Å². The monoisotopic (exact) mass is 278 g/mol. The molecule has 20 heavy (non-hydrogen) atoms. The summed E-state index contributed by atoms with van der Waals surface area (Å²) in [6, 6.07) is 6.06. The smallest absolute Gasteiger partial charge is 0.341 e. The maximum Gasteiger partial charge on any atom is 0.341 e. The number of unbranched alkanes of at least 4 members (excludes halogenated alkanes) is 1. The summed E-state index contributed by atoms with van der Waals surface area (Å²) in [5.74, 6) is -1.37. The van der Waals surface area contributed by atoms with Crippen LogP contribution in [0.15, 0.2) is 18.2 Å². The van der Waals surface area contributed by atoms with Gasteiger partial charge in [-0.15, -0.1) is 0 Å². The first kappa shape index (κ1) is 16.0. The molecule has 0 radical (unpaired) electrons. The number of nitriles is 1. The van der Waals surface area contributed by atoms with Crippen molar-refractivity contribution in [1.29, 1.82) is 5.26 Å². The van der Waals surface area contributed by atoms with Crippen LogP contribution in [-0.4, -0.2) is 12.6 Å². The maximum atomic E-state index is 13.5. The summed E-state index contributed by atoms with van der Waals surface area (Å²) in [6.45, 7) is 3.94. The number of carbonyl (C=O) groups is 1. The van der Waals surface area contributed by atoms with Crippen molar-refractivity contribution in [3.05, 3.63) is 29.6 Å². The molecule has 0 saturated heterocycles. The number of ether oxygens (including phenoxy) is 1. The van der Waals surface area contributed by atoms with Gasteiger partial charge in [-0.1, -0.05) is 0 Å². The first-order valence-corrected chi connectivity index (χ1v) is 6.49. The second-order valence-corrected chi connectivity index (χ2v) is 5.33. The van der Waals surface area contributed by atoms with E-state index in [1.54, 1.807) is 0 Å². The van der Waals surface area contributed by atoms with Gasteiger partial charge in [0.05, 0.1) is 23.7 Å². The van der Waals surface area contributed by atoms with Crippen LogP contribution in [0.3, 0.4) is 0 Å². The Morgan fingerprint density at radius 2 is 2.15 bits per heavy atom. The number of rotatable bonds is 6. The summed E-state index contributed by atoms with van der Waals surface area (Å²) in [5, 5.41) is 8.85. The molecule has 0 aliphatic carbocycles. The maximum absolute atomic E-state index is 13.5. The number of carbonyl (C=O) groups excluding carboxylic acids is 1. The summed E-state index contributed by atoms with van der Waals surface area (Å²) in [6.07, 6.45) is 2.16. The van der Waals surface area contributed by atoms with Crippen molar-refractivity contribution in [2.75, 3.05) is 12.3 Å². The first-order chi connectivity index (χ1) is 9.35. The minimum atomic E-state index is -0.693. The number of hydrogen-bond donors (Lipinski definition) is 1. The van der Waals surface area contributed by atoms with Crippen molar-refractivity contribution in [2.24, 2.45) is 5.41 Å². The number of nitrogens with two attached hydrogens (primary N) is 1. The molecule has 0 amide bonds. The molecule has 5 heteroatoms. The standard InChI is InChI=1S/C15H19FN2O2/c1-15(2,10-17)7-3-4-8-20-14(19)12-6-5-11(18)9-13(12)16/h5-6,9H,3-4,7-8,18H2,1-2H3. The van der Waals surface area contributed by atoms with Crippen molar-refractivity contribution in [3.8, 4) is 6.07 Å². The van der Waals surface area contributed by atoms with Crippen LogP contribution in [0, 0.1) is 22.6 Å². The summed E-state index contributed by atoms with van der Waals surface area (Å²) >= 11 is 0. The Bertz CT molecular complexity index is 521. The van der Waals surface area contributed by atoms with Crippen LogP contribution in [0.4, 0.5) is 10.1 Å². The quantitative estimate of drug-likeness (QED) is 0.492. The van der Waals surface area contributed by atoms with E-state index >= 15 is 0 Å². The van der Waals surface area contributed by atoms with Gasteiger partial charge in [-0.3, -0.25) is 0 Å². The molecule has 0 unspecified atom stereocenters. The van der Waals surface area contributed by atoms with Gasteiger partial charge in [0.25, 0.3) is 0 Å². The largest absolute Gasteiger partial charge is 0.462 e. The molecule has 0 saturated carbocycles. The zero-order chi connectivity index (χ0) is 15.2. The summed E-state index contributed by atoms with van der Waals surface area (Å²) in [7, 11) is 0. The normalized spacial score (nSPS) is 10.9. The van der Waals surface area contributed by atoms with Gasteiger partial charge in [-0.25, -0.2) is 9.18 Å². The third kappa shape index (κ3) is 4.88. The average Bonchev–Trinajstić information content (AvgIpc) is 2.38. The molecule has 0 aliphatic rings. The molecule has 4 nitrogen and oxygen atoms in total. The number of hydrogen-bond acceptors (Lipinski definition) is 4. The van der Waals surface area contributed by atoms with Crippen LogP contribution in [0.2, 0.25) is 0 Å². The molecule has 2 N–H and O–H groups in total. The SMILES string of the molecule is CC(C)(C#N)CCCCOC(=O)c1ccc(N)cc1F. The highest BCUT2D eigenvalue weighted by atomic mass is 19.1. The van der Waals surface area contributed by atoms with Crippen LogP contribution < -0.4 is 5.73 Å². The first-order valence-electron chi connectivity index (χ1n) is 6.49. The molecule has 0 bridgehead atoms. The molecule has 0 heterocycles. The highest BCUT2D eigenvalue weighted by Gasteiger charge is 2.16. The van der Waals surface area contributed by atoms with E-state index in [1.807, 2.05) is 13.8 Å². The summed E-state index contributed by atoms with van der Waals surface area (Å²) < 4.78 is 18.5. The van der Waals surface area contributed by atoms with E-state index < -0.39 is 11.8 Å². The summed E-state index contributed by atoms with van der Waals surface area (Å²) in [4.78, 5) is 11.6. The molecule has 108 valence electrons. The van der Waals surface area contributed by atoms with Crippen LogP contribution in [0.1, 0.15) is 43.5 Å². The molecular formula is C15H19FN2O2. The summed E-state index contributed by atoms with van der Waals surface area (Å²) in [5.41, 5.74) is 5.18. The van der Waals surface area contributed by atoms with Gasteiger partial charge in [0.15, 0.2) is 0 Å². The minimum absolute atomic E-state index is 0.114. The molecule has 1 aromatic carbocycles. The van der Waals surface area contributed by atoms with Gasteiger partial charge in [0.1, 0.15) is 5.82 Å². The highest BCUT2D eigenvalue weighted by molar-refractivity contribution is 5.90. The van der Waals surface area contributed by atoms with Gasteiger partial charge in [0, 0.05) is 5.69 Å². The minimum Gasteiger partial charge on any atom is -0.462 e. The lowest BCUT2D eigenvalue weighted by Crippen LogP contribution is -2.11. The molecule has 0 spiro atoms. The molecular weight excluding hydrogens is 259 g/mol. The number of nitrogens with zero attached hydrogens (tertiary/aromatic N) is 1. The van der Waals surface area contributed by atoms with Gasteiger partial charge >= 0.3 is 5.97 Å². The zero-order valence-electron chi connectivity index (χ0n) is 11.8. The number of esters is 1. The van der Waals surface area contributed by atoms with Crippen LogP contribution in [0.5, 0.6) is 0 Å². The number of halogens is 1. The third-order valence-electron chi connectivity index (χ3n) is 2.94. The van der Waals surface area contributed by atoms with Crippen molar-refractivity contribution in [1.82, 2.24) is 0 Å². The van der Waals surface area contributed by atoms with E-state index in [2.05, 4.69) is 6.07 Å². The van der Waals surface area contributed by atoms with Crippen molar-refractivity contribution < 1.29 is 13.9 Å². The third-order valence-corrected chi connectivity index (χ3v) is 2.94. The van der Waals surface area contributed by atoms with Gasteiger partial charge in [0.2, 0.25) is 0 Å². The van der Waals surface area contributed by atoms with E-state index in [1.165, 1.54) is 12.1 Å². The van der Waals surface area contributed by atoms with Crippen molar-refractivity contribution in [2.45, 2.75) is 33.1 Å². The Balaban J connectivity index is 2.36. The molecule has 0 aliphatic heterocycles. The van der Waals surface area contributed by atoms with E-state index in [9.17, 15) is 9.18 Å². The lowest BCUT2D eigenvalue weighted by atomic mass is 9.89. The van der Waals surface area contributed by atoms with E-state index in [0.717, 1.165) is 18.9 Å². The Hall–Kier alpha value is -2.09. The molecule has 0 atom stereocenters. The van der Waals surface area contributed by atoms with E-state index in [0.29, 0.717) is 6.42 Å². The number of nitrogen functional groups attached to an aromatic ring is 1. The fourth-order valence-electron chi connectivity index (χ4n) is 1.66. The number of benzene rings is 1. The van der Waals surface area contributed by atoms with Crippen molar-refractivity contribution in [3.63, 3.8) is 0 Å². The highest BCUT2D eigenvalue weighted by Crippen LogP contribution is 2.21. The lowest BCUT2D eigenvalue weighted by molar-refractivity contribution is 0.0491. The van der Waals surface area contributed by atoms with Crippen LogP contribution in [-0.2, 0) is 4.74 Å². The Labute approximate surface area is 118 Å². The molecule has 1 rings (SSSR count). The lowest BCUT2D eigenvalue weighted by Gasteiger charge is -2.14. The average molecular weight is 278 g/mol. The van der Waals surface area contributed by atoms with Crippen LogP contribution in [0.25, 0.3) is 0 Å². The molecule has 0 fully saturated rings. The fourth-order valence-corrected chi connectivity index (χ4v) is 1.66. The molecule has 0 aromatic heterocycles. The fraction of sp³-hybridized carbons (Fsp3) is 0.467. The number of anilines is 1. The predicted molar refractivity (Wildman–Crippen MR) is 74.3 cm³/mol. The Morgan fingerprint density at radius 1 is 1.45 bits per heavy atom. The van der Waals surface area contributed by atoms with Gasteiger partial charge in [-0.2, -0.15) is 5.26 Å². The Kier molecular flexibility index (Phi) is 5.51. The Morgan fingerprint density at radius 3 is 2.75 bits per heavy atom. The second-order valence-electron chi connectivity index (χ2n) is 5.33. The zero-order valence-corrected chi connectivity index (χ0v) is 11.8. The van der Waals surface area contributed by atoms with E-state index in [-0.39, 0.29) is 23.3 Å².